The molecule has 1 N–H and O–H groups in total. The van der Waals surface area contributed by atoms with Crippen LogP contribution in [0.1, 0.15) is 35.3 Å². The maximum Gasteiger partial charge on any atom is 0.416 e. The highest BCUT2D eigenvalue weighted by atomic mass is 19.4. The van der Waals surface area contributed by atoms with E-state index in [0.29, 0.717) is 12.1 Å². The molecule has 2 nitrogen and oxygen atoms in total. The third kappa shape index (κ3) is 2.81. The van der Waals surface area contributed by atoms with Crippen LogP contribution >= 0.6 is 0 Å². The van der Waals surface area contributed by atoms with Crippen molar-refractivity contribution in [3.63, 3.8) is 0 Å². The van der Waals surface area contributed by atoms with Gasteiger partial charge in [0.05, 0.1) is 17.7 Å². The molecule has 2 atom stereocenters. The quantitative estimate of drug-likeness (QED) is 0.866. The summed E-state index contributed by atoms with van der Waals surface area (Å²) in [6, 6.07) is 13.1. The van der Waals surface area contributed by atoms with Crippen LogP contribution in [-0.4, -0.2) is 7.11 Å². The lowest BCUT2D eigenvalue weighted by molar-refractivity contribution is -0.137. The van der Waals surface area contributed by atoms with Gasteiger partial charge in [0.15, 0.2) is 0 Å². The number of nitrogens with one attached hydrogen (secondary N) is 1. The highest BCUT2D eigenvalue weighted by Crippen LogP contribution is 2.42. The van der Waals surface area contributed by atoms with Gasteiger partial charge in [0, 0.05) is 19.2 Å². The van der Waals surface area contributed by atoms with Crippen LogP contribution in [0.25, 0.3) is 0 Å². The monoisotopic (exact) mass is 307 g/mol. The van der Waals surface area contributed by atoms with Gasteiger partial charge in [0.2, 0.25) is 0 Å². The van der Waals surface area contributed by atoms with Crippen LogP contribution in [0.5, 0.6) is 0 Å². The molecule has 0 spiro atoms. The summed E-state index contributed by atoms with van der Waals surface area (Å²) in [4.78, 5) is 0. The minimum absolute atomic E-state index is 0.0282. The summed E-state index contributed by atoms with van der Waals surface area (Å²) >= 11 is 0. The molecule has 1 aliphatic carbocycles. The summed E-state index contributed by atoms with van der Waals surface area (Å²) in [5.41, 5.74) is 1.99. The van der Waals surface area contributed by atoms with Crippen LogP contribution in [0.2, 0.25) is 0 Å². The molecule has 0 saturated carbocycles. The van der Waals surface area contributed by atoms with Crippen LogP contribution < -0.4 is 5.32 Å². The topological polar surface area (TPSA) is 21.3 Å². The second-order valence-corrected chi connectivity index (χ2v) is 5.36. The molecule has 5 heteroatoms. The number of ether oxygens (including phenoxy) is 1. The number of rotatable bonds is 3. The molecule has 0 radical (unpaired) electrons. The fourth-order valence-corrected chi connectivity index (χ4v) is 2.94. The Morgan fingerprint density at radius 3 is 2.45 bits per heavy atom. The molecule has 0 heterocycles. The van der Waals surface area contributed by atoms with E-state index >= 15 is 0 Å². The third-order valence-corrected chi connectivity index (χ3v) is 3.98. The first-order valence-electron chi connectivity index (χ1n) is 7.04. The van der Waals surface area contributed by atoms with E-state index in [2.05, 4.69) is 5.32 Å². The first kappa shape index (κ1) is 14.9. The van der Waals surface area contributed by atoms with E-state index < -0.39 is 11.7 Å². The van der Waals surface area contributed by atoms with E-state index in [1.807, 2.05) is 24.3 Å². The molecule has 116 valence electrons. The van der Waals surface area contributed by atoms with E-state index in [0.717, 1.165) is 23.3 Å². The van der Waals surface area contributed by atoms with E-state index in [1.165, 1.54) is 6.07 Å². The maximum absolute atomic E-state index is 12.8. The fourth-order valence-electron chi connectivity index (χ4n) is 2.94. The molecule has 2 aromatic carbocycles. The highest BCUT2D eigenvalue weighted by molar-refractivity contribution is 5.51. The number of halogens is 3. The molecule has 0 amide bonds. The second kappa shape index (κ2) is 5.65. The van der Waals surface area contributed by atoms with Crippen LogP contribution in [-0.2, 0) is 10.9 Å². The van der Waals surface area contributed by atoms with Gasteiger partial charge in [0.1, 0.15) is 0 Å². The zero-order chi connectivity index (χ0) is 15.7. The Labute approximate surface area is 126 Å². The standard InChI is InChI=1S/C17H16F3NO/c1-22-16-10-15(13-7-2-3-8-14(13)16)21-12-6-4-5-11(9-12)17(18,19)20/h2-9,15-16,21H,10H2,1H3/t15-,16+/m1/s1. The zero-order valence-electron chi connectivity index (χ0n) is 12.0. The number of hydrogen-bond acceptors (Lipinski definition) is 2. The minimum Gasteiger partial charge on any atom is -0.378 e. The Balaban J connectivity index is 1.86. The van der Waals surface area contributed by atoms with Gasteiger partial charge in [-0.2, -0.15) is 13.2 Å². The highest BCUT2D eigenvalue weighted by Gasteiger charge is 2.32. The van der Waals surface area contributed by atoms with Crippen molar-refractivity contribution < 1.29 is 17.9 Å². The van der Waals surface area contributed by atoms with E-state index in [4.69, 9.17) is 4.74 Å². The van der Waals surface area contributed by atoms with Gasteiger partial charge in [0.25, 0.3) is 0 Å². The van der Waals surface area contributed by atoms with Crippen molar-refractivity contribution in [2.75, 3.05) is 12.4 Å². The SMILES string of the molecule is CO[C@H]1C[C@@H](Nc2cccc(C(F)(F)F)c2)c2ccccc21. The lowest BCUT2D eigenvalue weighted by Gasteiger charge is -2.17. The summed E-state index contributed by atoms with van der Waals surface area (Å²) in [7, 11) is 1.65. The smallest absolute Gasteiger partial charge is 0.378 e. The van der Waals surface area contributed by atoms with Gasteiger partial charge >= 0.3 is 6.18 Å². The van der Waals surface area contributed by atoms with E-state index in [-0.39, 0.29) is 12.1 Å². The number of methoxy groups -OCH3 is 1. The summed E-state index contributed by atoms with van der Waals surface area (Å²) in [6.45, 7) is 0. The fraction of sp³-hybridized carbons (Fsp3) is 0.294. The number of anilines is 1. The van der Waals surface area contributed by atoms with Crippen molar-refractivity contribution in [2.45, 2.75) is 24.7 Å². The molecule has 0 unspecified atom stereocenters. The number of hydrogen-bond donors (Lipinski definition) is 1. The summed E-state index contributed by atoms with van der Waals surface area (Å²) in [6.07, 6.45) is -3.66. The Morgan fingerprint density at radius 2 is 1.77 bits per heavy atom. The van der Waals surface area contributed by atoms with Gasteiger partial charge in [-0.3, -0.25) is 0 Å². The van der Waals surface area contributed by atoms with Crippen LogP contribution in [0, 0.1) is 0 Å². The lowest BCUT2D eigenvalue weighted by Crippen LogP contribution is -2.10. The molecule has 0 saturated heterocycles. The molecule has 2 aromatic rings. The van der Waals surface area contributed by atoms with Gasteiger partial charge in [-0.15, -0.1) is 0 Å². The molecule has 0 fully saturated rings. The molecular weight excluding hydrogens is 291 g/mol. The Bertz CT molecular complexity index is 669. The van der Waals surface area contributed by atoms with Crippen molar-refractivity contribution >= 4 is 5.69 Å². The normalized spacial score (nSPS) is 20.7. The molecular formula is C17H16F3NO. The van der Waals surface area contributed by atoms with E-state index in [1.54, 1.807) is 13.2 Å². The van der Waals surface area contributed by atoms with Crippen molar-refractivity contribution in [3.8, 4) is 0 Å². The van der Waals surface area contributed by atoms with Gasteiger partial charge in [-0.1, -0.05) is 30.3 Å². The second-order valence-electron chi connectivity index (χ2n) is 5.36. The largest absolute Gasteiger partial charge is 0.416 e. The number of alkyl halides is 3. The zero-order valence-corrected chi connectivity index (χ0v) is 12.0. The van der Waals surface area contributed by atoms with Crippen molar-refractivity contribution in [1.82, 2.24) is 0 Å². The van der Waals surface area contributed by atoms with E-state index in [9.17, 15) is 13.2 Å². The van der Waals surface area contributed by atoms with Crippen molar-refractivity contribution in [3.05, 3.63) is 65.2 Å². The van der Waals surface area contributed by atoms with Gasteiger partial charge < -0.3 is 10.1 Å². The van der Waals surface area contributed by atoms with Crippen LogP contribution in [0.4, 0.5) is 18.9 Å². The average molecular weight is 307 g/mol. The summed E-state index contributed by atoms with van der Waals surface area (Å²) < 4.78 is 43.8. The van der Waals surface area contributed by atoms with Crippen molar-refractivity contribution in [2.24, 2.45) is 0 Å². The lowest BCUT2D eigenvalue weighted by atomic mass is 10.1. The molecule has 0 aromatic heterocycles. The van der Waals surface area contributed by atoms with Crippen molar-refractivity contribution in [1.29, 1.82) is 0 Å². The first-order chi connectivity index (χ1) is 10.5. The Hall–Kier alpha value is -2.01. The average Bonchev–Trinajstić information content (AvgIpc) is 2.85. The number of fused-ring (bicyclic) bond motifs is 1. The van der Waals surface area contributed by atoms with Crippen LogP contribution in [0.3, 0.4) is 0 Å². The minimum atomic E-state index is -4.33. The molecule has 0 bridgehead atoms. The molecule has 0 aliphatic heterocycles. The van der Waals surface area contributed by atoms with Crippen LogP contribution in [0.15, 0.2) is 48.5 Å². The Morgan fingerprint density at radius 1 is 1.05 bits per heavy atom. The summed E-state index contributed by atoms with van der Waals surface area (Å²) in [5, 5.41) is 3.19. The predicted octanol–water partition coefficient (Wildman–Crippen LogP) is 4.95. The molecule has 3 rings (SSSR count). The number of benzene rings is 2. The molecule has 22 heavy (non-hydrogen) atoms. The maximum atomic E-state index is 12.8. The molecule has 1 aliphatic rings. The summed E-state index contributed by atoms with van der Waals surface area (Å²) in [5.74, 6) is 0. The van der Waals surface area contributed by atoms with Gasteiger partial charge in [-0.05, 0) is 29.3 Å². The predicted molar refractivity (Wildman–Crippen MR) is 78.6 cm³/mol. The first-order valence-corrected chi connectivity index (χ1v) is 7.04. The van der Waals surface area contributed by atoms with Gasteiger partial charge in [-0.25, -0.2) is 0 Å². The third-order valence-electron chi connectivity index (χ3n) is 3.98. The Kier molecular flexibility index (Phi) is 3.83.